The van der Waals surface area contributed by atoms with Gasteiger partial charge in [-0.05, 0) is 18.8 Å². The minimum atomic E-state index is 0.829. The van der Waals surface area contributed by atoms with Gasteiger partial charge >= 0.3 is 0 Å². The highest BCUT2D eigenvalue weighted by Gasteiger charge is 2.17. The second kappa shape index (κ2) is 5.14. The van der Waals surface area contributed by atoms with Crippen molar-refractivity contribution >= 4 is 11.6 Å². The molecule has 1 N–H and O–H groups in total. The fraction of sp³-hybridized carbons (Fsp3) is 0.667. The van der Waals surface area contributed by atoms with Gasteiger partial charge < -0.3 is 10.2 Å². The summed E-state index contributed by atoms with van der Waals surface area (Å²) >= 11 is 0. The van der Waals surface area contributed by atoms with Crippen LogP contribution in [0.5, 0.6) is 0 Å². The van der Waals surface area contributed by atoms with Gasteiger partial charge in [0, 0.05) is 20.6 Å². The molecule has 0 spiro atoms. The molecule has 0 bridgehead atoms. The molecule has 1 fully saturated rings. The minimum Gasteiger partial charge on any atom is -0.372 e. The van der Waals surface area contributed by atoms with Crippen LogP contribution >= 0.6 is 0 Å². The zero-order valence-corrected chi connectivity index (χ0v) is 10.1. The summed E-state index contributed by atoms with van der Waals surface area (Å²) in [6, 6.07) is 0. The molecule has 16 heavy (non-hydrogen) atoms. The van der Waals surface area contributed by atoms with Gasteiger partial charge in [0.2, 0.25) is 0 Å². The first-order chi connectivity index (χ1) is 7.79. The van der Waals surface area contributed by atoms with E-state index in [2.05, 4.69) is 27.2 Å². The molecule has 88 valence electrons. The summed E-state index contributed by atoms with van der Waals surface area (Å²) < 4.78 is 0. The van der Waals surface area contributed by atoms with Crippen molar-refractivity contribution in [3.63, 3.8) is 0 Å². The zero-order valence-electron chi connectivity index (χ0n) is 10.1. The van der Waals surface area contributed by atoms with Crippen molar-refractivity contribution in [3.8, 4) is 0 Å². The lowest BCUT2D eigenvalue weighted by Gasteiger charge is -2.21. The van der Waals surface area contributed by atoms with Gasteiger partial charge in [0.25, 0.3) is 0 Å². The maximum Gasteiger partial charge on any atom is 0.149 e. The molecule has 1 aliphatic carbocycles. The van der Waals surface area contributed by atoms with Gasteiger partial charge in [-0.15, -0.1) is 0 Å². The molecule has 4 nitrogen and oxygen atoms in total. The van der Waals surface area contributed by atoms with E-state index in [1.54, 1.807) is 6.20 Å². The molecule has 0 amide bonds. The van der Waals surface area contributed by atoms with Crippen molar-refractivity contribution in [1.29, 1.82) is 0 Å². The number of hydrogen-bond acceptors (Lipinski definition) is 4. The molecule has 2 rings (SSSR count). The van der Waals surface area contributed by atoms with Crippen LogP contribution in [0, 0.1) is 5.92 Å². The normalized spacial score (nSPS) is 16.4. The van der Waals surface area contributed by atoms with Gasteiger partial charge in [-0.2, -0.15) is 0 Å². The van der Waals surface area contributed by atoms with E-state index < -0.39 is 0 Å². The number of anilines is 2. The molecular weight excluding hydrogens is 200 g/mol. The first kappa shape index (κ1) is 11.2. The van der Waals surface area contributed by atoms with Crippen molar-refractivity contribution < 1.29 is 0 Å². The molecule has 0 radical (unpaired) electrons. The van der Waals surface area contributed by atoms with E-state index in [0.29, 0.717) is 0 Å². The average Bonchev–Trinajstić information content (AvgIpc) is 2.82. The lowest BCUT2D eigenvalue weighted by molar-refractivity contribution is 0.545. The number of hydrogen-bond donors (Lipinski definition) is 1. The standard InChI is InChI=1S/C12H20N4/c1-13-11-7-14-8-12(15-11)16(2)9-10-5-3-4-6-10/h7-8,10H,3-6,9H2,1-2H3,(H,13,15). The molecule has 1 aliphatic rings. The summed E-state index contributed by atoms with van der Waals surface area (Å²) in [7, 11) is 3.96. The Kier molecular flexibility index (Phi) is 3.59. The molecule has 1 heterocycles. The van der Waals surface area contributed by atoms with Crippen molar-refractivity contribution in [3.05, 3.63) is 12.4 Å². The summed E-state index contributed by atoms with van der Waals surface area (Å²) in [4.78, 5) is 10.9. The van der Waals surface area contributed by atoms with Crippen LogP contribution in [0.3, 0.4) is 0 Å². The van der Waals surface area contributed by atoms with Crippen molar-refractivity contribution in [2.75, 3.05) is 30.9 Å². The summed E-state index contributed by atoms with van der Waals surface area (Å²) in [6.45, 7) is 1.10. The van der Waals surface area contributed by atoms with Crippen LogP contribution in [0.4, 0.5) is 11.6 Å². The van der Waals surface area contributed by atoms with E-state index in [9.17, 15) is 0 Å². The molecule has 1 aromatic rings. The summed E-state index contributed by atoms with van der Waals surface area (Å²) in [5, 5.41) is 3.02. The van der Waals surface area contributed by atoms with Crippen LogP contribution in [0.15, 0.2) is 12.4 Å². The van der Waals surface area contributed by atoms with Crippen LogP contribution in [0.1, 0.15) is 25.7 Å². The van der Waals surface area contributed by atoms with Gasteiger partial charge in [0.05, 0.1) is 12.4 Å². The first-order valence-corrected chi connectivity index (χ1v) is 6.00. The Balaban J connectivity index is 1.98. The highest BCUT2D eigenvalue weighted by Crippen LogP contribution is 2.26. The Morgan fingerprint density at radius 3 is 2.81 bits per heavy atom. The predicted molar refractivity (Wildman–Crippen MR) is 66.8 cm³/mol. The lowest BCUT2D eigenvalue weighted by Crippen LogP contribution is -2.25. The van der Waals surface area contributed by atoms with E-state index in [-0.39, 0.29) is 0 Å². The van der Waals surface area contributed by atoms with Gasteiger partial charge in [0.15, 0.2) is 0 Å². The maximum atomic E-state index is 4.49. The number of aromatic nitrogens is 2. The Labute approximate surface area is 97.1 Å². The minimum absolute atomic E-state index is 0.829. The van der Waals surface area contributed by atoms with Gasteiger partial charge in [0.1, 0.15) is 11.6 Å². The number of nitrogens with zero attached hydrogens (tertiary/aromatic N) is 3. The van der Waals surface area contributed by atoms with Crippen LogP contribution in [-0.2, 0) is 0 Å². The van der Waals surface area contributed by atoms with E-state index in [4.69, 9.17) is 0 Å². The monoisotopic (exact) mass is 220 g/mol. The van der Waals surface area contributed by atoms with E-state index in [0.717, 1.165) is 24.1 Å². The largest absolute Gasteiger partial charge is 0.372 e. The van der Waals surface area contributed by atoms with E-state index in [1.807, 2.05) is 13.2 Å². The lowest BCUT2D eigenvalue weighted by atomic mass is 10.1. The second-order valence-electron chi connectivity index (χ2n) is 4.54. The molecule has 1 aromatic heterocycles. The zero-order chi connectivity index (χ0) is 11.4. The van der Waals surface area contributed by atoms with E-state index in [1.165, 1.54) is 25.7 Å². The molecule has 0 unspecified atom stereocenters. The summed E-state index contributed by atoms with van der Waals surface area (Å²) in [5.74, 6) is 2.62. The summed E-state index contributed by atoms with van der Waals surface area (Å²) in [6.07, 6.45) is 9.08. The van der Waals surface area contributed by atoms with E-state index >= 15 is 0 Å². The fourth-order valence-corrected chi connectivity index (χ4v) is 2.33. The third kappa shape index (κ3) is 2.62. The summed E-state index contributed by atoms with van der Waals surface area (Å²) in [5.41, 5.74) is 0. The number of rotatable bonds is 4. The van der Waals surface area contributed by atoms with Crippen LogP contribution in [0.25, 0.3) is 0 Å². The molecule has 1 saturated carbocycles. The third-order valence-corrected chi connectivity index (χ3v) is 3.28. The Morgan fingerprint density at radius 1 is 1.38 bits per heavy atom. The van der Waals surface area contributed by atoms with Gasteiger partial charge in [-0.25, -0.2) is 4.98 Å². The highest BCUT2D eigenvalue weighted by atomic mass is 15.2. The van der Waals surface area contributed by atoms with Crippen LogP contribution < -0.4 is 10.2 Å². The third-order valence-electron chi connectivity index (χ3n) is 3.28. The quantitative estimate of drug-likeness (QED) is 0.844. The molecular formula is C12H20N4. The Hall–Kier alpha value is -1.32. The topological polar surface area (TPSA) is 41.1 Å². The molecule has 4 heteroatoms. The Bertz CT molecular complexity index is 334. The van der Waals surface area contributed by atoms with Crippen molar-refractivity contribution in [1.82, 2.24) is 9.97 Å². The van der Waals surface area contributed by atoms with Crippen LogP contribution in [0.2, 0.25) is 0 Å². The highest BCUT2D eigenvalue weighted by molar-refractivity contribution is 5.42. The maximum absolute atomic E-state index is 4.49. The van der Waals surface area contributed by atoms with Crippen molar-refractivity contribution in [2.45, 2.75) is 25.7 Å². The SMILES string of the molecule is CNc1cncc(N(C)CC2CCCC2)n1. The predicted octanol–water partition coefficient (Wildman–Crippen LogP) is 2.14. The molecule has 0 saturated heterocycles. The fourth-order valence-electron chi connectivity index (χ4n) is 2.33. The Morgan fingerprint density at radius 2 is 2.12 bits per heavy atom. The second-order valence-corrected chi connectivity index (χ2v) is 4.54. The molecule has 0 aromatic carbocycles. The smallest absolute Gasteiger partial charge is 0.149 e. The number of nitrogens with one attached hydrogen (secondary N) is 1. The average molecular weight is 220 g/mol. The van der Waals surface area contributed by atoms with Gasteiger partial charge in [-0.1, -0.05) is 12.8 Å². The molecule has 0 aliphatic heterocycles. The van der Waals surface area contributed by atoms with Crippen LogP contribution in [-0.4, -0.2) is 30.6 Å². The van der Waals surface area contributed by atoms with Gasteiger partial charge in [-0.3, -0.25) is 4.98 Å². The first-order valence-electron chi connectivity index (χ1n) is 6.00. The van der Waals surface area contributed by atoms with Crippen molar-refractivity contribution in [2.24, 2.45) is 5.92 Å². The molecule has 0 atom stereocenters.